The zero-order valence-electron chi connectivity index (χ0n) is 14.9. The van der Waals surface area contributed by atoms with Crippen molar-refractivity contribution in [1.29, 1.82) is 0 Å². The first kappa shape index (κ1) is 18.4. The molecule has 21 heavy (non-hydrogen) atoms. The molecule has 1 saturated heterocycles. The number of hydrogen-bond acceptors (Lipinski definition) is 3. The third-order valence-electron chi connectivity index (χ3n) is 5.09. The summed E-state index contributed by atoms with van der Waals surface area (Å²) in [6.07, 6.45) is 4.27. The van der Waals surface area contributed by atoms with Crippen LogP contribution in [0.1, 0.15) is 67.2 Å². The van der Waals surface area contributed by atoms with E-state index in [4.69, 9.17) is 0 Å². The van der Waals surface area contributed by atoms with Gasteiger partial charge >= 0.3 is 0 Å². The van der Waals surface area contributed by atoms with Gasteiger partial charge < -0.3 is 9.80 Å². The van der Waals surface area contributed by atoms with Crippen molar-refractivity contribution in [3.05, 3.63) is 0 Å². The minimum Gasteiger partial charge on any atom is -0.323 e. The summed E-state index contributed by atoms with van der Waals surface area (Å²) in [4.78, 5) is 17.3. The topological polar surface area (TPSA) is 35.6 Å². The Hall–Kier alpha value is -0.610. The summed E-state index contributed by atoms with van der Waals surface area (Å²) >= 11 is 0. The fraction of sp³-hybridized carbons (Fsp3) is 0.941. The molecule has 1 aliphatic heterocycles. The fourth-order valence-electron chi connectivity index (χ4n) is 3.27. The van der Waals surface area contributed by atoms with Crippen LogP contribution in [0.2, 0.25) is 0 Å². The molecule has 1 N–H and O–H groups in total. The van der Waals surface area contributed by atoms with Crippen LogP contribution in [0.15, 0.2) is 0 Å². The van der Waals surface area contributed by atoms with Crippen molar-refractivity contribution in [1.82, 2.24) is 15.1 Å². The highest BCUT2D eigenvalue weighted by Gasteiger charge is 2.47. The van der Waals surface area contributed by atoms with Crippen molar-refractivity contribution in [3.8, 4) is 0 Å². The molecule has 4 nitrogen and oxygen atoms in total. The maximum Gasteiger partial charge on any atom is 0.244 e. The lowest BCUT2D eigenvalue weighted by atomic mass is 9.98. The lowest BCUT2D eigenvalue weighted by molar-refractivity contribution is -0.135. The van der Waals surface area contributed by atoms with E-state index < -0.39 is 0 Å². The van der Waals surface area contributed by atoms with E-state index in [0.29, 0.717) is 6.04 Å². The molecule has 1 rings (SSSR count). The lowest BCUT2D eigenvalue weighted by Crippen LogP contribution is -2.44. The van der Waals surface area contributed by atoms with E-state index in [-0.39, 0.29) is 17.6 Å². The third-order valence-corrected chi connectivity index (χ3v) is 5.09. The van der Waals surface area contributed by atoms with Crippen molar-refractivity contribution in [2.24, 2.45) is 0 Å². The molecule has 0 aliphatic carbocycles. The van der Waals surface area contributed by atoms with E-state index in [2.05, 4.69) is 49.7 Å². The molecule has 1 fully saturated rings. The molecule has 1 aliphatic rings. The van der Waals surface area contributed by atoms with E-state index in [1.165, 1.54) is 0 Å². The Morgan fingerprint density at radius 2 is 1.90 bits per heavy atom. The predicted octanol–water partition coefficient (Wildman–Crippen LogP) is 2.83. The predicted molar refractivity (Wildman–Crippen MR) is 89.2 cm³/mol. The van der Waals surface area contributed by atoms with Crippen molar-refractivity contribution < 1.29 is 4.79 Å². The van der Waals surface area contributed by atoms with Gasteiger partial charge in [-0.3, -0.25) is 10.1 Å². The average molecular weight is 297 g/mol. The highest BCUT2D eigenvalue weighted by Crippen LogP contribution is 2.28. The average Bonchev–Trinajstić information content (AvgIpc) is 2.75. The van der Waals surface area contributed by atoms with E-state index in [1.54, 1.807) is 0 Å². The van der Waals surface area contributed by atoms with Crippen LogP contribution in [0.5, 0.6) is 0 Å². The van der Waals surface area contributed by atoms with Gasteiger partial charge in [0, 0.05) is 6.04 Å². The van der Waals surface area contributed by atoms with Crippen LogP contribution >= 0.6 is 0 Å². The van der Waals surface area contributed by atoms with Gasteiger partial charge in [0.2, 0.25) is 5.91 Å². The monoisotopic (exact) mass is 297 g/mol. The number of nitrogens with zero attached hydrogens (tertiary/aromatic N) is 2. The molecule has 1 heterocycles. The molecule has 0 aromatic rings. The van der Waals surface area contributed by atoms with Gasteiger partial charge in [-0.15, -0.1) is 0 Å². The summed E-state index contributed by atoms with van der Waals surface area (Å²) < 4.78 is 0. The van der Waals surface area contributed by atoms with Gasteiger partial charge in [0.05, 0.1) is 11.7 Å². The van der Waals surface area contributed by atoms with Crippen LogP contribution in [0.25, 0.3) is 0 Å². The highest BCUT2D eigenvalue weighted by atomic mass is 16.2. The Morgan fingerprint density at radius 1 is 1.29 bits per heavy atom. The Balaban J connectivity index is 2.59. The Bertz CT molecular complexity index is 330. The number of carbonyl (C=O) groups is 1. The Kier molecular flexibility index (Phi) is 7.14. The molecule has 3 unspecified atom stereocenters. The molecule has 0 saturated carbocycles. The maximum atomic E-state index is 12.7. The summed E-state index contributed by atoms with van der Waals surface area (Å²) in [5.41, 5.74) is -0.367. The Morgan fingerprint density at radius 3 is 2.38 bits per heavy atom. The van der Waals surface area contributed by atoms with E-state index in [0.717, 1.165) is 45.3 Å². The standard InChI is InChI=1S/C17H35N3O/c1-7-15-18-17(6,8-2)16(21)20(15)14(5)12-11-13-19(9-3)10-4/h14-15,18H,7-13H2,1-6H3. The van der Waals surface area contributed by atoms with E-state index in [9.17, 15) is 4.79 Å². The second kappa shape index (κ2) is 8.14. The van der Waals surface area contributed by atoms with Crippen LogP contribution < -0.4 is 5.32 Å². The molecule has 0 spiro atoms. The molecule has 4 heteroatoms. The van der Waals surface area contributed by atoms with E-state index in [1.807, 2.05) is 6.92 Å². The second-order valence-corrected chi connectivity index (χ2v) is 6.48. The van der Waals surface area contributed by atoms with Gasteiger partial charge in [0.25, 0.3) is 0 Å². The van der Waals surface area contributed by atoms with Crippen LogP contribution in [0.3, 0.4) is 0 Å². The number of nitrogens with one attached hydrogen (secondary N) is 1. The zero-order valence-corrected chi connectivity index (χ0v) is 14.9. The van der Waals surface area contributed by atoms with Crippen molar-refractivity contribution >= 4 is 5.91 Å². The smallest absolute Gasteiger partial charge is 0.244 e. The highest BCUT2D eigenvalue weighted by molar-refractivity contribution is 5.88. The molecule has 124 valence electrons. The normalized spacial score (nSPS) is 27.7. The van der Waals surface area contributed by atoms with Gasteiger partial charge in [0.15, 0.2) is 0 Å². The van der Waals surface area contributed by atoms with Gasteiger partial charge in [0.1, 0.15) is 0 Å². The second-order valence-electron chi connectivity index (χ2n) is 6.48. The summed E-state index contributed by atoms with van der Waals surface area (Å²) in [5.74, 6) is 0.284. The molecule has 0 aromatic heterocycles. The van der Waals surface area contributed by atoms with Crippen molar-refractivity contribution in [3.63, 3.8) is 0 Å². The maximum absolute atomic E-state index is 12.7. The van der Waals surface area contributed by atoms with E-state index >= 15 is 0 Å². The summed E-state index contributed by atoms with van der Waals surface area (Å²) in [5, 5.41) is 3.53. The number of hydrogen-bond donors (Lipinski definition) is 1. The minimum atomic E-state index is -0.367. The number of carbonyl (C=O) groups excluding carboxylic acids is 1. The molecule has 0 aromatic carbocycles. The summed E-state index contributed by atoms with van der Waals surface area (Å²) in [6.45, 7) is 16.3. The third kappa shape index (κ3) is 4.19. The lowest BCUT2D eigenvalue weighted by Gasteiger charge is -2.30. The quantitative estimate of drug-likeness (QED) is 0.711. The first-order chi connectivity index (χ1) is 9.93. The number of amides is 1. The largest absolute Gasteiger partial charge is 0.323 e. The molecule has 3 atom stereocenters. The first-order valence-electron chi connectivity index (χ1n) is 8.76. The molecule has 0 radical (unpaired) electrons. The molecule has 0 bridgehead atoms. The van der Waals surface area contributed by atoms with Crippen LogP contribution in [0, 0.1) is 0 Å². The summed E-state index contributed by atoms with van der Waals surface area (Å²) in [6, 6.07) is 0.318. The fourth-order valence-corrected chi connectivity index (χ4v) is 3.27. The molecular weight excluding hydrogens is 262 g/mol. The van der Waals surface area contributed by atoms with Gasteiger partial charge in [-0.25, -0.2) is 0 Å². The zero-order chi connectivity index (χ0) is 16.0. The minimum absolute atomic E-state index is 0.200. The van der Waals surface area contributed by atoms with Gasteiger partial charge in [-0.2, -0.15) is 0 Å². The van der Waals surface area contributed by atoms with Crippen molar-refractivity contribution in [2.45, 2.75) is 85.0 Å². The SMILES string of the molecule is CCC1NC(C)(CC)C(=O)N1C(C)CCCN(CC)CC. The van der Waals surface area contributed by atoms with Crippen LogP contribution in [-0.4, -0.2) is 53.1 Å². The summed E-state index contributed by atoms with van der Waals surface area (Å²) in [7, 11) is 0. The Labute approximate surface area is 131 Å². The molecule has 1 amide bonds. The van der Waals surface area contributed by atoms with Crippen molar-refractivity contribution in [2.75, 3.05) is 19.6 Å². The van der Waals surface area contributed by atoms with Gasteiger partial charge in [-0.05, 0) is 59.2 Å². The first-order valence-corrected chi connectivity index (χ1v) is 8.76. The van der Waals surface area contributed by atoms with Gasteiger partial charge in [-0.1, -0.05) is 27.7 Å². The molecular formula is C17H35N3O. The van der Waals surface area contributed by atoms with Crippen LogP contribution in [0.4, 0.5) is 0 Å². The van der Waals surface area contributed by atoms with Crippen LogP contribution in [-0.2, 0) is 4.79 Å². The number of rotatable bonds is 9.